The number of phenols is 1. The van der Waals surface area contributed by atoms with Crippen LogP contribution in [0.2, 0.25) is 0 Å². The van der Waals surface area contributed by atoms with E-state index in [0.717, 1.165) is 69.0 Å². The number of aryl methyl sites for hydroxylation is 1. The minimum Gasteiger partial charge on any atom is -0.508 e. The first kappa shape index (κ1) is 25.1. The van der Waals surface area contributed by atoms with E-state index in [4.69, 9.17) is 14.2 Å². The van der Waals surface area contributed by atoms with Crippen LogP contribution < -0.4 is 4.74 Å². The van der Waals surface area contributed by atoms with Gasteiger partial charge in [-0.15, -0.1) is 0 Å². The van der Waals surface area contributed by atoms with Crippen LogP contribution in [0.1, 0.15) is 79.0 Å². The Hall–Kier alpha value is -2.89. The van der Waals surface area contributed by atoms with Crippen LogP contribution in [0.15, 0.2) is 66.7 Å². The summed E-state index contributed by atoms with van der Waals surface area (Å²) in [4.78, 5) is 0. The summed E-state index contributed by atoms with van der Waals surface area (Å²) in [5.74, 6) is 2.42. The lowest BCUT2D eigenvalue weighted by molar-refractivity contribution is -0.200. The van der Waals surface area contributed by atoms with Gasteiger partial charge in [0.2, 0.25) is 0 Å². The van der Waals surface area contributed by atoms with Gasteiger partial charge in [-0.25, -0.2) is 4.39 Å². The third kappa shape index (κ3) is 4.96. The highest BCUT2D eigenvalue weighted by atomic mass is 19.1. The summed E-state index contributed by atoms with van der Waals surface area (Å²) < 4.78 is 32.3. The number of halogens is 1. The van der Waals surface area contributed by atoms with E-state index in [1.807, 2.05) is 18.2 Å². The van der Waals surface area contributed by atoms with Crippen LogP contribution in [0.3, 0.4) is 0 Å². The third-order valence-corrected chi connectivity index (χ3v) is 9.80. The van der Waals surface area contributed by atoms with Crippen LogP contribution in [0.4, 0.5) is 4.39 Å². The van der Waals surface area contributed by atoms with Gasteiger partial charge >= 0.3 is 0 Å². The van der Waals surface area contributed by atoms with Crippen molar-refractivity contribution in [2.75, 3.05) is 13.2 Å². The number of phenolic OH excluding ortho intramolecular Hbond substituents is 1. The lowest BCUT2D eigenvalue weighted by atomic mass is 9.68. The van der Waals surface area contributed by atoms with Crippen molar-refractivity contribution in [2.45, 2.75) is 75.1 Å². The quantitative estimate of drug-likeness (QED) is 0.381. The zero-order valence-corrected chi connectivity index (χ0v) is 22.4. The summed E-state index contributed by atoms with van der Waals surface area (Å²) >= 11 is 0. The Kier molecular flexibility index (Phi) is 6.60. The minimum atomic E-state index is -0.334. The highest BCUT2D eigenvalue weighted by Gasteiger charge is 2.47. The summed E-state index contributed by atoms with van der Waals surface area (Å²) in [6, 6.07) is 21.3. The van der Waals surface area contributed by atoms with E-state index in [9.17, 15) is 9.50 Å². The molecule has 4 aliphatic rings. The molecule has 1 spiro atoms. The summed E-state index contributed by atoms with van der Waals surface area (Å²) in [5.41, 5.74) is 4.80. The molecule has 0 radical (unpaired) electrons. The molecule has 5 atom stereocenters. The molecule has 3 aliphatic carbocycles. The number of ether oxygens (including phenoxy) is 3. The molecule has 0 bridgehead atoms. The first-order chi connectivity index (χ1) is 19.1. The normalized spacial score (nSPS) is 29.5. The molecule has 3 aromatic rings. The van der Waals surface area contributed by atoms with Crippen LogP contribution in [0.5, 0.6) is 11.5 Å². The second kappa shape index (κ2) is 10.3. The standard InChI is InChI=1S/C34H37FO4/c35-27-7-1-23(2-8-27)31-13-6-25-19-28(36)9-14-32(25)33(31)24-4-10-29(11-5-24)39-30-12-3-22-15-16-34(21-26(22)20-30)37-17-18-38-34/h1-2,4-5,7-11,14,19,22,26,30-31,33,36H,3,6,12-13,15-18,20-21H2/t22?,26?,30?,31-,33+/m1/s1. The van der Waals surface area contributed by atoms with Crippen molar-refractivity contribution in [1.29, 1.82) is 0 Å². The smallest absolute Gasteiger partial charge is 0.168 e. The summed E-state index contributed by atoms with van der Waals surface area (Å²) in [6.07, 6.45) is 8.67. The molecule has 204 valence electrons. The van der Waals surface area contributed by atoms with E-state index in [-0.39, 0.29) is 29.5 Å². The van der Waals surface area contributed by atoms with E-state index in [2.05, 4.69) is 30.3 Å². The molecular weight excluding hydrogens is 491 g/mol. The van der Waals surface area contributed by atoms with Crippen molar-refractivity contribution in [3.05, 3.63) is 94.8 Å². The van der Waals surface area contributed by atoms with Gasteiger partial charge in [-0.3, -0.25) is 0 Å². The second-order valence-corrected chi connectivity index (χ2v) is 12.1. The Morgan fingerprint density at radius 3 is 2.38 bits per heavy atom. The lowest BCUT2D eigenvalue weighted by Gasteiger charge is -2.45. The van der Waals surface area contributed by atoms with Crippen molar-refractivity contribution in [3.8, 4) is 11.5 Å². The largest absolute Gasteiger partial charge is 0.508 e. The molecule has 3 fully saturated rings. The molecule has 1 saturated heterocycles. The van der Waals surface area contributed by atoms with Gasteiger partial charge in [-0.05, 0) is 115 Å². The van der Waals surface area contributed by atoms with Gasteiger partial charge in [0, 0.05) is 18.8 Å². The maximum Gasteiger partial charge on any atom is 0.168 e. The molecule has 2 saturated carbocycles. The average Bonchev–Trinajstić information content (AvgIpc) is 3.40. The Labute approximate surface area is 230 Å². The molecule has 7 rings (SSSR count). The van der Waals surface area contributed by atoms with Crippen LogP contribution in [-0.2, 0) is 15.9 Å². The molecule has 1 N–H and O–H groups in total. The molecule has 3 unspecified atom stereocenters. The van der Waals surface area contributed by atoms with Crippen LogP contribution in [0, 0.1) is 17.7 Å². The van der Waals surface area contributed by atoms with Gasteiger partial charge in [0.15, 0.2) is 5.79 Å². The van der Waals surface area contributed by atoms with Gasteiger partial charge < -0.3 is 19.3 Å². The average molecular weight is 529 g/mol. The summed E-state index contributed by atoms with van der Waals surface area (Å²) in [6.45, 7) is 1.44. The predicted octanol–water partition coefficient (Wildman–Crippen LogP) is 7.48. The van der Waals surface area contributed by atoms with Crippen LogP contribution in [0.25, 0.3) is 0 Å². The Morgan fingerprint density at radius 2 is 1.59 bits per heavy atom. The molecule has 3 aromatic carbocycles. The van der Waals surface area contributed by atoms with E-state index in [1.165, 1.54) is 29.5 Å². The zero-order valence-electron chi connectivity index (χ0n) is 22.4. The first-order valence-corrected chi connectivity index (χ1v) is 14.7. The number of rotatable bonds is 4. The topological polar surface area (TPSA) is 47.9 Å². The third-order valence-electron chi connectivity index (χ3n) is 9.80. The molecule has 4 nitrogen and oxygen atoms in total. The van der Waals surface area contributed by atoms with Crippen molar-refractivity contribution in [3.63, 3.8) is 0 Å². The molecule has 0 amide bonds. The SMILES string of the molecule is Oc1ccc2c(c1)CC[C@H](c1ccc(F)cc1)[C@@H]2c1ccc(OC2CCC3CCC4(CC3C2)OCCO4)cc1. The molecule has 1 heterocycles. The molecule has 1 aliphatic heterocycles. The Bertz CT molecular complexity index is 1300. The van der Waals surface area contributed by atoms with E-state index in [1.54, 1.807) is 18.2 Å². The fourth-order valence-corrected chi connectivity index (χ4v) is 7.92. The van der Waals surface area contributed by atoms with Crippen molar-refractivity contribution in [2.24, 2.45) is 11.8 Å². The predicted molar refractivity (Wildman–Crippen MR) is 148 cm³/mol. The minimum absolute atomic E-state index is 0.133. The number of fused-ring (bicyclic) bond motifs is 2. The van der Waals surface area contributed by atoms with Gasteiger partial charge in [-0.1, -0.05) is 30.3 Å². The number of hydrogen-bond donors (Lipinski definition) is 1. The monoisotopic (exact) mass is 528 g/mol. The first-order valence-electron chi connectivity index (χ1n) is 14.7. The highest BCUT2D eigenvalue weighted by molar-refractivity contribution is 5.48. The number of aromatic hydroxyl groups is 1. The second-order valence-electron chi connectivity index (χ2n) is 12.1. The summed E-state index contributed by atoms with van der Waals surface area (Å²) in [7, 11) is 0. The lowest BCUT2D eigenvalue weighted by Crippen LogP contribution is -2.44. The van der Waals surface area contributed by atoms with E-state index >= 15 is 0 Å². The maximum atomic E-state index is 13.7. The Morgan fingerprint density at radius 1 is 0.821 bits per heavy atom. The van der Waals surface area contributed by atoms with Crippen molar-refractivity contribution in [1.82, 2.24) is 0 Å². The maximum absolute atomic E-state index is 13.7. The van der Waals surface area contributed by atoms with Crippen LogP contribution >= 0.6 is 0 Å². The zero-order chi connectivity index (χ0) is 26.4. The summed E-state index contributed by atoms with van der Waals surface area (Å²) in [5, 5.41) is 10.1. The number of benzene rings is 3. The fourth-order valence-electron chi connectivity index (χ4n) is 7.92. The molecule has 39 heavy (non-hydrogen) atoms. The molecule has 0 aromatic heterocycles. The van der Waals surface area contributed by atoms with Gasteiger partial charge in [0.05, 0.1) is 19.3 Å². The Balaban J connectivity index is 1.10. The van der Waals surface area contributed by atoms with Gasteiger partial charge in [0.25, 0.3) is 0 Å². The van der Waals surface area contributed by atoms with Crippen LogP contribution in [-0.4, -0.2) is 30.2 Å². The molecular formula is C34H37FO4. The number of hydrogen-bond acceptors (Lipinski definition) is 4. The van der Waals surface area contributed by atoms with Crippen molar-refractivity contribution < 1.29 is 23.7 Å². The van der Waals surface area contributed by atoms with Crippen molar-refractivity contribution >= 4 is 0 Å². The van der Waals surface area contributed by atoms with E-state index in [0.29, 0.717) is 11.7 Å². The fraction of sp³-hybridized carbons (Fsp3) is 0.471. The molecule has 5 heteroatoms. The van der Waals surface area contributed by atoms with E-state index < -0.39 is 0 Å². The van der Waals surface area contributed by atoms with Gasteiger partial charge in [-0.2, -0.15) is 0 Å². The highest BCUT2D eigenvalue weighted by Crippen LogP contribution is 2.49. The van der Waals surface area contributed by atoms with Gasteiger partial charge in [0.1, 0.15) is 17.3 Å².